The number of carbonyl (C=O) groups is 2. The Morgan fingerprint density at radius 2 is 1.56 bits per heavy atom. The van der Waals surface area contributed by atoms with E-state index in [1.54, 1.807) is 30.3 Å². The molecule has 136 valence electrons. The third-order valence-corrected chi connectivity index (χ3v) is 4.26. The van der Waals surface area contributed by atoms with Gasteiger partial charge in [-0.25, -0.2) is 0 Å². The summed E-state index contributed by atoms with van der Waals surface area (Å²) in [7, 11) is 0. The van der Waals surface area contributed by atoms with E-state index < -0.39 is 5.91 Å². The van der Waals surface area contributed by atoms with Crippen molar-refractivity contribution in [2.75, 3.05) is 6.54 Å². The fourth-order valence-corrected chi connectivity index (χ4v) is 2.75. The van der Waals surface area contributed by atoms with Gasteiger partial charge in [-0.2, -0.15) is 0 Å². The Labute approximate surface area is 157 Å². The lowest BCUT2D eigenvalue weighted by Crippen LogP contribution is -2.25. The van der Waals surface area contributed by atoms with Crippen molar-refractivity contribution in [3.05, 3.63) is 89.5 Å². The maximum absolute atomic E-state index is 12.4. The van der Waals surface area contributed by atoms with Gasteiger partial charge in [0.15, 0.2) is 0 Å². The summed E-state index contributed by atoms with van der Waals surface area (Å²) in [5, 5.41) is 12.2. The molecule has 5 nitrogen and oxygen atoms in total. The number of amides is 2. The van der Waals surface area contributed by atoms with Crippen molar-refractivity contribution in [3.8, 4) is 16.9 Å². The van der Waals surface area contributed by atoms with Crippen molar-refractivity contribution >= 4 is 11.8 Å². The Kier molecular flexibility index (Phi) is 5.52. The predicted octanol–water partition coefficient (Wildman–Crippen LogP) is 3.13. The van der Waals surface area contributed by atoms with Gasteiger partial charge in [-0.3, -0.25) is 9.59 Å². The molecular formula is C22H20N2O3. The number of aromatic hydroxyl groups is 1. The van der Waals surface area contributed by atoms with Gasteiger partial charge in [0.1, 0.15) is 5.75 Å². The molecule has 0 radical (unpaired) electrons. The highest BCUT2D eigenvalue weighted by molar-refractivity contribution is 5.96. The Bertz CT molecular complexity index is 948. The molecular weight excluding hydrogens is 340 g/mol. The normalized spacial score (nSPS) is 10.4. The SMILES string of the molecule is NC(=O)c1ccc(-c2cccc(C(=O)NCCc3ccc(O)cc3)c2)cc1. The molecule has 0 spiro atoms. The van der Waals surface area contributed by atoms with E-state index in [-0.39, 0.29) is 11.7 Å². The van der Waals surface area contributed by atoms with Crippen LogP contribution in [0, 0.1) is 0 Å². The molecule has 0 aliphatic rings. The Balaban J connectivity index is 1.64. The molecule has 3 aromatic carbocycles. The zero-order valence-electron chi connectivity index (χ0n) is 14.7. The van der Waals surface area contributed by atoms with Crippen LogP contribution in [0.5, 0.6) is 5.75 Å². The molecule has 0 heterocycles. The highest BCUT2D eigenvalue weighted by Gasteiger charge is 2.08. The summed E-state index contributed by atoms with van der Waals surface area (Å²) < 4.78 is 0. The average Bonchev–Trinajstić information content (AvgIpc) is 2.69. The molecule has 3 aromatic rings. The van der Waals surface area contributed by atoms with E-state index in [2.05, 4.69) is 5.32 Å². The van der Waals surface area contributed by atoms with Crippen LogP contribution in [-0.4, -0.2) is 23.5 Å². The Hall–Kier alpha value is -3.60. The topological polar surface area (TPSA) is 92.4 Å². The smallest absolute Gasteiger partial charge is 0.251 e. The molecule has 0 unspecified atom stereocenters. The summed E-state index contributed by atoms with van der Waals surface area (Å²) in [4.78, 5) is 23.6. The molecule has 0 saturated heterocycles. The minimum Gasteiger partial charge on any atom is -0.508 e. The van der Waals surface area contributed by atoms with Crippen molar-refractivity contribution in [2.24, 2.45) is 5.73 Å². The van der Waals surface area contributed by atoms with Crippen LogP contribution in [0.25, 0.3) is 11.1 Å². The minimum atomic E-state index is -0.469. The van der Waals surface area contributed by atoms with Crippen LogP contribution < -0.4 is 11.1 Å². The number of rotatable bonds is 6. The van der Waals surface area contributed by atoms with E-state index in [9.17, 15) is 14.7 Å². The molecule has 0 bridgehead atoms. The van der Waals surface area contributed by atoms with Gasteiger partial charge >= 0.3 is 0 Å². The first kappa shape index (κ1) is 18.2. The van der Waals surface area contributed by atoms with Gasteiger partial charge < -0.3 is 16.2 Å². The fourth-order valence-electron chi connectivity index (χ4n) is 2.75. The highest BCUT2D eigenvalue weighted by Crippen LogP contribution is 2.21. The molecule has 0 aliphatic carbocycles. The predicted molar refractivity (Wildman–Crippen MR) is 105 cm³/mol. The summed E-state index contributed by atoms with van der Waals surface area (Å²) in [5.41, 5.74) is 9.10. The molecule has 3 rings (SSSR count). The third kappa shape index (κ3) is 4.73. The van der Waals surface area contributed by atoms with Crippen molar-refractivity contribution in [1.29, 1.82) is 0 Å². The molecule has 4 N–H and O–H groups in total. The third-order valence-electron chi connectivity index (χ3n) is 4.26. The van der Waals surface area contributed by atoms with E-state index in [1.807, 2.05) is 42.5 Å². The maximum Gasteiger partial charge on any atom is 0.251 e. The number of hydrogen-bond acceptors (Lipinski definition) is 3. The molecule has 0 fully saturated rings. The number of hydrogen-bond donors (Lipinski definition) is 3. The lowest BCUT2D eigenvalue weighted by Gasteiger charge is -2.08. The summed E-state index contributed by atoms with van der Waals surface area (Å²) in [6.07, 6.45) is 0.681. The number of nitrogens with one attached hydrogen (secondary N) is 1. The number of primary amides is 1. The lowest BCUT2D eigenvalue weighted by atomic mass is 10.0. The molecule has 0 saturated carbocycles. The van der Waals surface area contributed by atoms with Crippen LogP contribution in [0.4, 0.5) is 0 Å². The largest absolute Gasteiger partial charge is 0.508 e. The second-order valence-corrected chi connectivity index (χ2v) is 6.19. The van der Waals surface area contributed by atoms with Gasteiger partial charge in [0.25, 0.3) is 5.91 Å². The number of benzene rings is 3. The maximum atomic E-state index is 12.4. The van der Waals surface area contributed by atoms with E-state index in [0.29, 0.717) is 24.1 Å². The summed E-state index contributed by atoms with van der Waals surface area (Å²) in [6, 6.07) is 21.2. The van der Waals surface area contributed by atoms with Gasteiger partial charge in [0.2, 0.25) is 5.91 Å². The van der Waals surface area contributed by atoms with Crippen LogP contribution in [0.2, 0.25) is 0 Å². The second kappa shape index (κ2) is 8.19. The Morgan fingerprint density at radius 1 is 0.852 bits per heavy atom. The summed E-state index contributed by atoms with van der Waals surface area (Å²) >= 11 is 0. The number of carbonyl (C=O) groups excluding carboxylic acids is 2. The number of phenols is 1. The first-order chi connectivity index (χ1) is 13.0. The summed E-state index contributed by atoms with van der Waals surface area (Å²) in [5.74, 6) is -0.392. The van der Waals surface area contributed by atoms with Crippen LogP contribution in [0.15, 0.2) is 72.8 Å². The first-order valence-corrected chi connectivity index (χ1v) is 8.59. The average molecular weight is 360 g/mol. The van der Waals surface area contributed by atoms with Gasteiger partial charge in [0, 0.05) is 17.7 Å². The zero-order valence-corrected chi connectivity index (χ0v) is 14.7. The summed E-state index contributed by atoms with van der Waals surface area (Å²) in [6.45, 7) is 0.501. The van der Waals surface area contributed by atoms with Gasteiger partial charge in [-0.15, -0.1) is 0 Å². The van der Waals surface area contributed by atoms with E-state index in [0.717, 1.165) is 16.7 Å². The number of phenolic OH excluding ortho intramolecular Hbond substituents is 1. The Morgan fingerprint density at radius 3 is 2.22 bits per heavy atom. The molecule has 0 aliphatic heterocycles. The van der Waals surface area contributed by atoms with Crippen molar-refractivity contribution in [2.45, 2.75) is 6.42 Å². The highest BCUT2D eigenvalue weighted by atomic mass is 16.3. The van der Waals surface area contributed by atoms with E-state index in [4.69, 9.17) is 5.73 Å². The lowest BCUT2D eigenvalue weighted by molar-refractivity contribution is 0.0952. The van der Waals surface area contributed by atoms with E-state index >= 15 is 0 Å². The fraction of sp³-hybridized carbons (Fsp3) is 0.0909. The van der Waals surface area contributed by atoms with Crippen LogP contribution in [-0.2, 0) is 6.42 Å². The van der Waals surface area contributed by atoms with Crippen LogP contribution >= 0.6 is 0 Å². The van der Waals surface area contributed by atoms with Crippen LogP contribution in [0.3, 0.4) is 0 Å². The molecule has 2 amide bonds. The number of nitrogens with two attached hydrogens (primary N) is 1. The van der Waals surface area contributed by atoms with Crippen molar-refractivity contribution < 1.29 is 14.7 Å². The minimum absolute atomic E-state index is 0.149. The molecule has 0 aromatic heterocycles. The van der Waals surface area contributed by atoms with E-state index in [1.165, 1.54) is 0 Å². The first-order valence-electron chi connectivity index (χ1n) is 8.59. The van der Waals surface area contributed by atoms with Crippen LogP contribution in [0.1, 0.15) is 26.3 Å². The van der Waals surface area contributed by atoms with Crippen molar-refractivity contribution in [3.63, 3.8) is 0 Å². The van der Waals surface area contributed by atoms with Gasteiger partial charge in [-0.1, -0.05) is 36.4 Å². The molecule has 27 heavy (non-hydrogen) atoms. The second-order valence-electron chi connectivity index (χ2n) is 6.19. The zero-order chi connectivity index (χ0) is 19.2. The van der Waals surface area contributed by atoms with Crippen molar-refractivity contribution in [1.82, 2.24) is 5.32 Å². The monoisotopic (exact) mass is 360 g/mol. The molecule has 0 atom stereocenters. The van der Waals surface area contributed by atoms with Gasteiger partial charge in [-0.05, 0) is 59.5 Å². The standard InChI is InChI=1S/C22H20N2O3/c23-21(26)17-8-6-16(7-9-17)18-2-1-3-19(14-18)22(27)24-13-12-15-4-10-20(25)11-5-15/h1-11,14,25H,12-13H2,(H2,23,26)(H,24,27). The van der Waals surface area contributed by atoms with Gasteiger partial charge in [0.05, 0.1) is 0 Å². The molecule has 5 heteroatoms. The quantitative estimate of drug-likeness (QED) is 0.630.